The highest BCUT2D eigenvalue weighted by Gasteiger charge is 2.24. The Morgan fingerprint density at radius 3 is 2.45 bits per heavy atom. The summed E-state index contributed by atoms with van der Waals surface area (Å²) in [5, 5.41) is 29.7. The number of ether oxygens (including phenoxy) is 1. The molecule has 1 aromatic heterocycles. The Labute approximate surface area is 224 Å². The van der Waals surface area contributed by atoms with Gasteiger partial charge >= 0.3 is 5.97 Å². The van der Waals surface area contributed by atoms with E-state index in [4.69, 9.17) is 16.3 Å². The van der Waals surface area contributed by atoms with E-state index in [1.54, 1.807) is 22.8 Å². The van der Waals surface area contributed by atoms with Gasteiger partial charge in [0.25, 0.3) is 0 Å². The molecule has 2 aromatic carbocycles. The first kappa shape index (κ1) is 27.9. The lowest BCUT2D eigenvalue weighted by Crippen LogP contribution is -2.35. The molecule has 1 saturated heterocycles. The van der Waals surface area contributed by atoms with Gasteiger partial charge in [0.2, 0.25) is 5.43 Å². The molecule has 4 rings (SSSR count). The fraction of sp³-hybridized carbons (Fsp3) is 0.429. The Hall–Kier alpha value is -3.14. The smallest absolute Gasteiger partial charge is 0.341 e. The standard InChI is InChI=1S/C28H32ClFN2O6/c1-15(2)24(14-33)32-13-21(28(36)37)27(35)20-10-16(25(38-3)12-23(20)32)8-17-9-18(11-22(29)26(17)30)31-6-4-19(34)5-7-31/h9-13,15,19,24,33-34H,4-8,14H2,1-3H3,(H,36,37). The van der Waals surface area contributed by atoms with E-state index in [9.17, 15) is 24.9 Å². The van der Waals surface area contributed by atoms with Crippen LogP contribution in [0.3, 0.4) is 0 Å². The number of hydrogen-bond acceptors (Lipinski definition) is 6. The van der Waals surface area contributed by atoms with Crippen molar-refractivity contribution in [1.82, 2.24) is 4.57 Å². The zero-order valence-corrected chi connectivity index (χ0v) is 22.3. The summed E-state index contributed by atoms with van der Waals surface area (Å²) in [5.41, 5.74) is 0.825. The average Bonchev–Trinajstić information content (AvgIpc) is 2.88. The first-order chi connectivity index (χ1) is 18.0. The van der Waals surface area contributed by atoms with Crippen LogP contribution >= 0.6 is 11.6 Å². The van der Waals surface area contributed by atoms with Crippen molar-refractivity contribution in [3.8, 4) is 5.75 Å². The third-order valence-electron chi connectivity index (χ3n) is 7.28. The number of rotatable bonds is 8. The number of methoxy groups -OCH3 is 1. The monoisotopic (exact) mass is 546 g/mol. The van der Waals surface area contributed by atoms with E-state index in [0.29, 0.717) is 48.3 Å². The Balaban J connectivity index is 1.87. The van der Waals surface area contributed by atoms with Crippen LogP contribution < -0.4 is 15.1 Å². The summed E-state index contributed by atoms with van der Waals surface area (Å²) >= 11 is 6.26. The predicted octanol–water partition coefficient (Wildman–Crippen LogP) is 4.24. The van der Waals surface area contributed by atoms with Gasteiger partial charge in [-0.05, 0) is 48.1 Å². The van der Waals surface area contributed by atoms with Crippen LogP contribution in [-0.2, 0) is 6.42 Å². The number of aromatic nitrogens is 1. The van der Waals surface area contributed by atoms with Crippen LogP contribution in [0.4, 0.5) is 10.1 Å². The predicted molar refractivity (Wildman–Crippen MR) is 144 cm³/mol. The van der Waals surface area contributed by atoms with E-state index in [1.807, 2.05) is 18.7 Å². The first-order valence-corrected chi connectivity index (χ1v) is 12.9. The summed E-state index contributed by atoms with van der Waals surface area (Å²) in [7, 11) is 1.46. The molecule has 0 amide bonds. The highest BCUT2D eigenvalue weighted by molar-refractivity contribution is 6.31. The number of carboxylic acids is 1. The van der Waals surface area contributed by atoms with Crippen molar-refractivity contribution in [3.05, 3.63) is 68.2 Å². The Kier molecular flexibility index (Phi) is 8.30. The number of piperidine rings is 1. The number of nitrogens with zero attached hydrogens (tertiary/aromatic N) is 2. The van der Waals surface area contributed by atoms with Gasteiger partial charge in [0.1, 0.15) is 17.1 Å². The molecule has 8 nitrogen and oxygen atoms in total. The largest absolute Gasteiger partial charge is 0.496 e. The van der Waals surface area contributed by atoms with Crippen LogP contribution in [0.2, 0.25) is 5.02 Å². The van der Waals surface area contributed by atoms with Crippen LogP contribution in [0.25, 0.3) is 10.9 Å². The van der Waals surface area contributed by atoms with E-state index in [-0.39, 0.29) is 35.5 Å². The number of pyridine rings is 1. The van der Waals surface area contributed by atoms with E-state index >= 15 is 4.39 Å². The quantitative estimate of drug-likeness (QED) is 0.387. The third kappa shape index (κ3) is 5.36. The lowest BCUT2D eigenvalue weighted by Gasteiger charge is -2.32. The van der Waals surface area contributed by atoms with Crippen LogP contribution in [0.5, 0.6) is 5.75 Å². The molecule has 0 spiro atoms. The molecule has 1 fully saturated rings. The molecule has 10 heteroatoms. The summed E-state index contributed by atoms with van der Waals surface area (Å²) in [6, 6.07) is 5.94. The Morgan fingerprint density at radius 2 is 1.87 bits per heavy atom. The number of halogens is 2. The minimum Gasteiger partial charge on any atom is -0.496 e. The van der Waals surface area contributed by atoms with Gasteiger partial charge in [0.15, 0.2) is 0 Å². The molecule has 1 aliphatic rings. The number of carboxylic acid groups (broad SMARTS) is 1. The van der Waals surface area contributed by atoms with Gasteiger partial charge in [0.05, 0.1) is 36.4 Å². The normalized spacial score (nSPS) is 15.3. The molecule has 1 aliphatic heterocycles. The van der Waals surface area contributed by atoms with Gasteiger partial charge in [-0.15, -0.1) is 0 Å². The van der Waals surface area contributed by atoms with E-state index < -0.39 is 28.8 Å². The lowest BCUT2D eigenvalue weighted by atomic mass is 9.98. The molecule has 1 atom stereocenters. The van der Waals surface area contributed by atoms with E-state index in [2.05, 4.69) is 0 Å². The summed E-state index contributed by atoms with van der Waals surface area (Å²) in [6.45, 7) is 4.74. The highest BCUT2D eigenvalue weighted by Crippen LogP contribution is 2.34. The number of aromatic carboxylic acids is 1. The molecular formula is C28H32ClFN2O6. The molecule has 0 radical (unpaired) electrons. The number of benzene rings is 2. The Bertz CT molecular complexity index is 1410. The molecule has 3 N–H and O–H groups in total. The summed E-state index contributed by atoms with van der Waals surface area (Å²) < 4.78 is 22.4. The molecule has 0 saturated carbocycles. The van der Waals surface area contributed by atoms with Crippen LogP contribution in [-0.4, -0.2) is 58.8 Å². The van der Waals surface area contributed by atoms with Gasteiger partial charge in [-0.25, -0.2) is 9.18 Å². The van der Waals surface area contributed by atoms with E-state index in [0.717, 1.165) is 5.69 Å². The minimum atomic E-state index is -1.37. The number of hydrogen-bond donors (Lipinski definition) is 3. The maximum Gasteiger partial charge on any atom is 0.341 e. The molecule has 3 aromatic rings. The number of fused-ring (bicyclic) bond motifs is 1. The second-order valence-corrected chi connectivity index (χ2v) is 10.5. The number of carbonyl (C=O) groups is 1. The third-order valence-corrected chi connectivity index (χ3v) is 7.55. The Morgan fingerprint density at radius 1 is 1.18 bits per heavy atom. The zero-order valence-electron chi connectivity index (χ0n) is 21.6. The molecule has 38 heavy (non-hydrogen) atoms. The fourth-order valence-corrected chi connectivity index (χ4v) is 5.30. The van der Waals surface area contributed by atoms with Gasteiger partial charge in [-0.3, -0.25) is 4.79 Å². The number of anilines is 1. The number of aliphatic hydroxyl groups is 2. The van der Waals surface area contributed by atoms with Gasteiger partial charge in [-0.2, -0.15) is 0 Å². The maximum absolute atomic E-state index is 15.2. The molecular weight excluding hydrogens is 515 g/mol. The van der Waals surface area contributed by atoms with Gasteiger partial charge in [0, 0.05) is 42.8 Å². The average molecular weight is 547 g/mol. The van der Waals surface area contributed by atoms with Crippen molar-refractivity contribution >= 4 is 34.2 Å². The first-order valence-electron chi connectivity index (χ1n) is 12.6. The topological polar surface area (TPSA) is 112 Å². The van der Waals surface area contributed by atoms with E-state index in [1.165, 1.54) is 19.4 Å². The SMILES string of the molecule is COc1cc2c(cc1Cc1cc(N3CCC(O)CC3)cc(Cl)c1F)c(=O)c(C(=O)O)cn2C(CO)C(C)C. The van der Waals surface area contributed by atoms with Crippen molar-refractivity contribution in [3.63, 3.8) is 0 Å². The van der Waals surface area contributed by atoms with Crippen LogP contribution in [0.15, 0.2) is 35.3 Å². The van der Waals surface area contributed by atoms with Gasteiger partial charge in [-0.1, -0.05) is 25.4 Å². The lowest BCUT2D eigenvalue weighted by molar-refractivity contribution is 0.0694. The van der Waals surface area contributed by atoms with Crippen molar-refractivity contribution in [2.24, 2.45) is 5.92 Å². The molecule has 0 bridgehead atoms. The second-order valence-electron chi connectivity index (χ2n) is 10.1. The minimum absolute atomic E-state index is 0.0402. The molecule has 204 valence electrons. The zero-order chi connectivity index (χ0) is 27.7. The fourth-order valence-electron chi connectivity index (χ4n) is 5.07. The molecule has 1 unspecified atom stereocenters. The summed E-state index contributed by atoms with van der Waals surface area (Å²) in [4.78, 5) is 27.1. The number of aliphatic hydroxyl groups excluding tert-OH is 2. The van der Waals surface area contributed by atoms with Crippen molar-refractivity contribution < 1.29 is 29.2 Å². The molecule has 0 aliphatic carbocycles. The maximum atomic E-state index is 15.2. The van der Waals surface area contributed by atoms with Crippen LogP contribution in [0, 0.1) is 11.7 Å². The summed E-state index contributed by atoms with van der Waals surface area (Å²) in [6.07, 6.45) is 2.15. The second kappa shape index (κ2) is 11.3. The van der Waals surface area contributed by atoms with Crippen molar-refractivity contribution in [2.45, 2.75) is 45.3 Å². The highest BCUT2D eigenvalue weighted by atomic mass is 35.5. The van der Waals surface area contributed by atoms with Crippen LogP contribution in [0.1, 0.15) is 54.2 Å². The van der Waals surface area contributed by atoms with Crippen molar-refractivity contribution in [1.29, 1.82) is 0 Å². The molecule has 2 heterocycles. The summed E-state index contributed by atoms with van der Waals surface area (Å²) in [5.74, 6) is -1.64. The van der Waals surface area contributed by atoms with Crippen molar-refractivity contribution in [2.75, 3.05) is 31.7 Å². The van der Waals surface area contributed by atoms with Gasteiger partial charge < -0.3 is 29.5 Å².